The van der Waals surface area contributed by atoms with Crippen LogP contribution in [0.1, 0.15) is 40.8 Å². The number of thiazole rings is 1. The lowest BCUT2D eigenvalue weighted by Gasteiger charge is -2.48. The summed E-state index contributed by atoms with van der Waals surface area (Å²) in [5, 5.41) is 10.9. The van der Waals surface area contributed by atoms with E-state index in [0.717, 1.165) is 23.4 Å². The Morgan fingerprint density at radius 3 is 2.76 bits per heavy atom. The zero-order valence-corrected chi connectivity index (χ0v) is 22.5. The fourth-order valence-corrected chi connectivity index (χ4v) is 7.98. The molecule has 0 saturated carbocycles. The van der Waals surface area contributed by atoms with Crippen molar-refractivity contribution in [2.75, 3.05) is 13.1 Å². The van der Waals surface area contributed by atoms with Gasteiger partial charge in [0.25, 0.3) is 0 Å². The van der Waals surface area contributed by atoms with E-state index in [1.807, 2.05) is 6.92 Å². The number of fused-ring (bicyclic) bond motifs is 2. The van der Waals surface area contributed by atoms with E-state index in [-0.39, 0.29) is 29.0 Å². The van der Waals surface area contributed by atoms with Crippen molar-refractivity contribution in [1.82, 2.24) is 28.9 Å². The van der Waals surface area contributed by atoms with Gasteiger partial charge in [-0.2, -0.15) is 14.5 Å². The standard InChI is InChI=1S/C26H27FN6O3S2/c1-2-9-31-16-22(15-29-31)38(35,36)32-10-7-19-12-23-18(14-30-33(23)21-5-3-20(27)4-6-21)13-26(19,17-32)24(34)25-28-8-11-37-25/h3-6,8,11,14-16,19H,2,7,9-10,12-13,17H2,1H3. The number of hydrogen-bond acceptors (Lipinski definition) is 7. The number of carbonyl (C=O) groups is 1. The van der Waals surface area contributed by atoms with Crippen molar-refractivity contribution in [2.24, 2.45) is 11.3 Å². The van der Waals surface area contributed by atoms with Gasteiger partial charge in [-0.25, -0.2) is 22.5 Å². The summed E-state index contributed by atoms with van der Waals surface area (Å²) >= 11 is 1.28. The number of nitrogens with zero attached hydrogens (tertiary/aromatic N) is 6. The van der Waals surface area contributed by atoms with Gasteiger partial charge in [0.2, 0.25) is 10.0 Å². The zero-order valence-electron chi connectivity index (χ0n) is 20.8. The molecule has 6 rings (SSSR count). The minimum atomic E-state index is -3.85. The quantitative estimate of drug-likeness (QED) is 0.323. The van der Waals surface area contributed by atoms with Gasteiger partial charge in [-0.15, -0.1) is 11.3 Å². The summed E-state index contributed by atoms with van der Waals surface area (Å²) in [6.07, 6.45) is 8.57. The second-order valence-corrected chi connectivity index (χ2v) is 12.8. The number of benzene rings is 1. The highest BCUT2D eigenvalue weighted by Gasteiger charge is 2.55. The lowest BCUT2D eigenvalue weighted by molar-refractivity contribution is 0.0399. The van der Waals surface area contributed by atoms with Crippen LogP contribution >= 0.6 is 11.3 Å². The number of ketones is 1. The van der Waals surface area contributed by atoms with Crippen molar-refractivity contribution < 1.29 is 17.6 Å². The summed E-state index contributed by atoms with van der Waals surface area (Å²) in [6.45, 7) is 3.01. The van der Waals surface area contributed by atoms with Crippen molar-refractivity contribution in [3.05, 3.63) is 76.5 Å². The van der Waals surface area contributed by atoms with E-state index in [4.69, 9.17) is 0 Å². The molecule has 2 unspecified atom stereocenters. The van der Waals surface area contributed by atoms with Gasteiger partial charge in [0, 0.05) is 43.1 Å². The molecule has 0 N–H and O–H groups in total. The molecule has 38 heavy (non-hydrogen) atoms. The number of Topliss-reactive ketones (excluding diaryl/α,β-unsaturated/α-hetero) is 1. The maximum Gasteiger partial charge on any atom is 0.246 e. The van der Waals surface area contributed by atoms with Crippen molar-refractivity contribution in [1.29, 1.82) is 0 Å². The van der Waals surface area contributed by atoms with Crippen LogP contribution in [0, 0.1) is 17.2 Å². The second-order valence-electron chi connectivity index (χ2n) is 9.97. The van der Waals surface area contributed by atoms with Gasteiger partial charge in [0.15, 0.2) is 10.8 Å². The van der Waals surface area contributed by atoms with E-state index in [9.17, 15) is 17.6 Å². The first-order chi connectivity index (χ1) is 18.3. The molecule has 1 aromatic carbocycles. The SMILES string of the molecule is CCCn1cc(S(=O)(=O)N2CCC3Cc4c(cnn4-c4ccc(F)cc4)CC3(C(=O)c3nccs3)C2)cn1. The summed E-state index contributed by atoms with van der Waals surface area (Å²) in [5.41, 5.74) is 1.65. The number of piperidine rings is 1. The van der Waals surface area contributed by atoms with Gasteiger partial charge < -0.3 is 0 Å². The van der Waals surface area contributed by atoms with Crippen molar-refractivity contribution in [3.63, 3.8) is 0 Å². The first-order valence-electron chi connectivity index (χ1n) is 12.6. The number of halogens is 1. The lowest BCUT2D eigenvalue weighted by Crippen LogP contribution is -2.57. The summed E-state index contributed by atoms with van der Waals surface area (Å²) in [5.74, 6) is -0.549. The number of aromatic nitrogens is 5. The molecule has 1 aliphatic carbocycles. The maximum atomic E-state index is 14.1. The average molecular weight is 555 g/mol. The van der Waals surface area contributed by atoms with Gasteiger partial charge in [-0.3, -0.25) is 9.48 Å². The van der Waals surface area contributed by atoms with Crippen LogP contribution in [0.4, 0.5) is 4.39 Å². The molecule has 3 aromatic heterocycles. The summed E-state index contributed by atoms with van der Waals surface area (Å²) in [7, 11) is -3.85. The van der Waals surface area contributed by atoms with Crippen LogP contribution in [0.2, 0.25) is 0 Å². The number of carbonyl (C=O) groups excluding carboxylic acids is 1. The third-order valence-corrected chi connectivity index (χ3v) is 10.3. The summed E-state index contributed by atoms with van der Waals surface area (Å²) < 4.78 is 45.8. The highest BCUT2D eigenvalue weighted by molar-refractivity contribution is 7.89. The van der Waals surface area contributed by atoms with Crippen molar-refractivity contribution >= 4 is 27.1 Å². The minimum absolute atomic E-state index is 0.0680. The molecule has 0 bridgehead atoms. The summed E-state index contributed by atoms with van der Waals surface area (Å²) in [4.78, 5) is 18.5. The Bertz CT molecular complexity index is 1580. The molecule has 4 aromatic rings. The average Bonchev–Trinajstić information content (AvgIpc) is 3.69. The summed E-state index contributed by atoms with van der Waals surface area (Å²) in [6, 6.07) is 6.15. The van der Waals surface area contributed by atoms with Crippen LogP contribution in [-0.4, -0.2) is 56.1 Å². The number of sulfonamides is 1. The number of hydrogen-bond donors (Lipinski definition) is 0. The van der Waals surface area contributed by atoms with Crippen LogP contribution in [0.5, 0.6) is 0 Å². The molecule has 0 amide bonds. The van der Waals surface area contributed by atoms with Crippen LogP contribution in [0.15, 0.2) is 59.3 Å². The van der Waals surface area contributed by atoms with E-state index >= 15 is 0 Å². The van der Waals surface area contributed by atoms with Gasteiger partial charge in [0.05, 0.1) is 23.5 Å². The smallest absolute Gasteiger partial charge is 0.246 e. The molecule has 0 radical (unpaired) electrons. The highest BCUT2D eigenvalue weighted by atomic mass is 32.2. The molecule has 4 heterocycles. The van der Waals surface area contributed by atoms with Gasteiger partial charge >= 0.3 is 0 Å². The van der Waals surface area contributed by atoms with Crippen LogP contribution in [0.3, 0.4) is 0 Å². The Balaban J connectivity index is 1.39. The Labute approximate surface area is 224 Å². The highest BCUT2D eigenvalue weighted by Crippen LogP contribution is 2.48. The molecular formula is C26H27FN6O3S2. The normalized spacial score (nSPS) is 21.7. The Kier molecular flexibility index (Phi) is 6.28. The fourth-order valence-electron chi connectivity index (χ4n) is 5.82. The van der Waals surface area contributed by atoms with E-state index < -0.39 is 15.4 Å². The Morgan fingerprint density at radius 1 is 1.21 bits per heavy atom. The molecule has 12 heteroatoms. The molecule has 0 spiro atoms. The predicted molar refractivity (Wildman–Crippen MR) is 139 cm³/mol. The topological polar surface area (TPSA) is 103 Å². The third kappa shape index (κ3) is 4.11. The second kappa shape index (κ2) is 9.51. The first kappa shape index (κ1) is 25.1. The Morgan fingerprint density at radius 2 is 2.03 bits per heavy atom. The molecule has 2 aliphatic rings. The van der Waals surface area contributed by atoms with E-state index in [2.05, 4.69) is 15.2 Å². The van der Waals surface area contributed by atoms with E-state index in [1.54, 1.807) is 45.5 Å². The van der Waals surface area contributed by atoms with Gasteiger partial charge in [-0.05, 0) is 61.4 Å². The fraction of sp³-hybridized carbons (Fsp3) is 0.385. The molecule has 9 nitrogen and oxygen atoms in total. The molecule has 1 aliphatic heterocycles. The molecule has 1 fully saturated rings. The molecule has 2 atom stereocenters. The lowest BCUT2D eigenvalue weighted by atomic mass is 9.61. The van der Waals surface area contributed by atoms with E-state index in [0.29, 0.717) is 37.4 Å². The Hall–Kier alpha value is -3.22. The van der Waals surface area contributed by atoms with Gasteiger partial charge in [-0.1, -0.05) is 6.92 Å². The first-order valence-corrected chi connectivity index (χ1v) is 14.9. The zero-order chi connectivity index (χ0) is 26.5. The van der Waals surface area contributed by atoms with Gasteiger partial charge in [0.1, 0.15) is 10.7 Å². The monoisotopic (exact) mass is 554 g/mol. The van der Waals surface area contributed by atoms with Crippen LogP contribution in [0.25, 0.3) is 5.69 Å². The minimum Gasteiger partial charge on any atom is -0.291 e. The van der Waals surface area contributed by atoms with E-state index in [1.165, 1.54) is 34.0 Å². The maximum absolute atomic E-state index is 14.1. The van der Waals surface area contributed by atoms with Crippen LogP contribution < -0.4 is 0 Å². The number of aryl methyl sites for hydroxylation is 1. The molecular weight excluding hydrogens is 527 g/mol. The van der Waals surface area contributed by atoms with Crippen molar-refractivity contribution in [3.8, 4) is 5.69 Å². The van der Waals surface area contributed by atoms with Crippen molar-refractivity contribution in [2.45, 2.75) is 44.0 Å². The molecule has 1 saturated heterocycles. The largest absolute Gasteiger partial charge is 0.291 e. The predicted octanol–water partition coefficient (Wildman–Crippen LogP) is 3.75. The number of rotatable bonds is 7. The van der Waals surface area contributed by atoms with Crippen LogP contribution in [-0.2, 0) is 29.4 Å². The third-order valence-electron chi connectivity index (χ3n) is 7.72. The molecule has 198 valence electrons.